The molecule has 1 fully saturated rings. The number of anilines is 3. The van der Waals surface area contributed by atoms with Crippen molar-refractivity contribution >= 4 is 44.3 Å². The number of rotatable bonds is 8. The molecule has 10 nitrogen and oxygen atoms in total. The molecule has 0 saturated carbocycles. The first-order valence-electron chi connectivity index (χ1n) is 12.4. The van der Waals surface area contributed by atoms with E-state index < -0.39 is 10.0 Å². The second-order valence-electron chi connectivity index (χ2n) is 9.39. The summed E-state index contributed by atoms with van der Waals surface area (Å²) in [6.45, 7) is 3.49. The van der Waals surface area contributed by atoms with Crippen molar-refractivity contribution < 1.29 is 13.2 Å². The van der Waals surface area contributed by atoms with Crippen LogP contribution in [0.3, 0.4) is 0 Å². The van der Waals surface area contributed by atoms with Crippen LogP contribution >= 0.6 is 0 Å². The van der Waals surface area contributed by atoms with E-state index in [0.717, 1.165) is 42.3 Å². The van der Waals surface area contributed by atoms with Crippen molar-refractivity contribution in [1.82, 2.24) is 25.6 Å². The first kappa shape index (κ1) is 25.6. The van der Waals surface area contributed by atoms with Crippen LogP contribution in [0.2, 0.25) is 0 Å². The van der Waals surface area contributed by atoms with Gasteiger partial charge in [0, 0.05) is 35.4 Å². The number of hydrogen-bond donors (Lipinski definition) is 4. The molecule has 1 unspecified atom stereocenters. The van der Waals surface area contributed by atoms with Gasteiger partial charge in [-0.2, -0.15) is 4.98 Å². The highest BCUT2D eigenvalue weighted by Gasteiger charge is 2.21. The van der Waals surface area contributed by atoms with E-state index >= 15 is 0 Å². The number of nitrogens with zero attached hydrogens (tertiary/aromatic N) is 3. The molecule has 4 N–H and O–H groups in total. The molecule has 38 heavy (non-hydrogen) atoms. The summed E-state index contributed by atoms with van der Waals surface area (Å²) in [5.74, 6) is 0.0122. The van der Waals surface area contributed by atoms with Crippen molar-refractivity contribution in [2.24, 2.45) is 0 Å². The summed E-state index contributed by atoms with van der Waals surface area (Å²) < 4.78 is 25.6. The number of nitrogens with one attached hydrogen (secondary N) is 4. The summed E-state index contributed by atoms with van der Waals surface area (Å²) in [5, 5.41) is 10.2. The molecule has 0 aliphatic carbocycles. The maximum absolute atomic E-state index is 13.4. The summed E-state index contributed by atoms with van der Waals surface area (Å²) in [6, 6.07) is 16.8. The van der Waals surface area contributed by atoms with Crippen LogP contribution < -0.4 is 20.7 Å². The number of aryl methyl sites for hydroxylation is 1. The smallest absolute Gasteiger partial charge is 0.270 e. The highest BCUT2D eigenvalue weighted by atomic mass is 32.2. The molecule has 1 aliphatic rings. The molecule has 196 valence electrons. The van der Waals surface area contributed by atoms with Crippen LogP contribution in [0.1, 0.15) is 28.9 Å². The zero-order valence-corrected chi connectivity index (χ0v) is 22.0. The quantitative estimate of drug-likeness (QED) is 0.271. The van der Waals surface area contributed by atoms with E-state index in [9.17, 15) is 13.2 Å². The van der Waals surface area contributed by atoms with Crippen LogP contribution in [0.15, 0.2) is 60.8 Å². The zero-order valence-electron chi connectivity index (χ0n) is 21.2. The van der Waals surface area contributed by atoms with Gasteiger partial charge in [0.05, 0.1) is 11.9 Å². The van der Waals surface area contributed by atoms with Crippen LogP contribution in [-0.2, 0) is 10.0 Å². The number of aromatic nitrogens is 3. The van der Waals surface area contributed by atoms with Gasteiger partial charge in [-0.1, -0.05) is 30.3 Å². The minimum Gasteiger partial charge on any atom is -0.349 e. The average molecular weight is 532 g/mol. The molecule has 1 aliphatic heterocycles. The number of hydrogen-bond acceptors (Lipinski definition) is 8. The van der Waals surface area contributed by atoms with E-state index in [1.807, 2.05) is 37.3 Å². The normalized spacial score (nSPS) is 15.4. The third-order valence-corrected chi connectivity index (χ3v) is 6.92. The number of benzene rings is 2. The molecule has 2 aromatic heterocycles. The van der Waals surface area contributed by atoms with E-state index in [-0.39, 0.29) is 17.9 Å². The van der Waals surface area contributed by atoms with Crippen molar-refractivity contribution in [3.05, 3.63) is 72.1 Å². The molecule has 0 radical (unpaired) electrons. The number of amides is 1. The highest BCUT2D eigenvalue weighted by Crippen LogP contribution is 2.29. The second-order valence-corrected chi connectivity index (χ2v) is 11.1. The Morgan fingerprint density at radius 3 is 2.63 bits per heavy atom. The monoisotopic (exact) mass is 531 g/mol. The van der Waals surface area contributed by atoms with Crippen LogP contribution in [-0.4, -0.2) is 54.7 Å². The Morgan fingerprint density at radius 1 is 1.05 bits per heavy atom. The summed E-state index contributed by atoms with van der Waals surface area (Å²) in [5.41, 5.74) is 4.34. The number of pyridine rings is 1. The molecule has 0 bridgehead atoms. The summed E-state index contributed by atoms with van der Waals surface area (Å²) in [7, 11) is -3.41. The lowest BCUT2D eigenvalue weighted by Crippen LogP contribution is -2.37. The average Bonchev–Trinajstić information content (AvgIpc) is 3.40. The topological polar surface area (TPSA) is 138 Å². The van der Waals surface area contributed by atoms with E-state index in [1.54, 1.807) is 30.5 Å². The standard InChI is InChI=1S/C27H29N7O3S/c1-17-7-3-4-11-22(17)23-13-18-15-30-27(31-19-8-5-9-20(14-19)34-38(2,36)37)33-25(18)32-24(23)26(35)29-16-21-10-6-12-28-21/h3-5,7-9,11,13-15,21,28,34H,6,10,12,16H2,1-2H3,(H,29,35)(H,30,31,32,33). The largest absolute Gasteiger partial charge is 0.349 e. The summed E-state index contributed by atoms with van der Waals surface area (Å²) >= 11 is 0. The van der Waals surface area contributed by atoms with Crippen molar-refractivity contribution in [1.29, 1.82) is 0 Å². The van der Waals surface area contributed by atoms with Crippen LogP contribution in [0, 0.1) is 6.92 Å². The Bertz CT molecular complexity index is 1600. The Kier molecular flexibility index (Phi) is 7.21. The van der Waals surface area contributed by atoms with E-state index in [2.05, 4.69) is 30.6 Å². The maximum atomic E-state index is 13.4. The molecule has 3 heterocycles. The van der Waals surface area contributed by atoms with Gasteiger partial charge >= 0.3 is 0 Å². The molecule has 4 aromatic rings. The van der Waals surface area contributed by atoms with Crippen LogP contribution in [0.25, 0.3) is 22.2 Å². The van der Waals surface area contributed by atoms with Crippen molar-refractivity contribution in [3.8, 4) is 11.1 Å². The van der Waals surface area contributed by atoms with Gasteiger partial charge in [0.25, 0.3) is 5.91 Å². The number of carbonyl (C=O) groups excluding carboxylic acids is 1. The van der Waals surface area contributed by atoms with Crippen molar-refractivity contribution in [3.63, 3.8) is 0 Å². The van der Waals surface area contributed by atoms with E-state index in [0.29, 0.717) is 34.6 Å². The van der Waals surface area contributed by atoms with Crippen molar-refractivity contribution in [2.45, 2.75) is 25.8 Å². The molecule has 5 rings (SSSR count). The van der Waals surface area contributed by atoms with Gasteiger partial charge in [0.15, 0.2) is 5.65 Å². The minimum atomic E-state index is -3.41. The lowest BCUT2D eigenvalue weighted by atomic mass is 9.98. The van der Waals surface area contributed by atoms with Gasteiger partial charge in [0.2, 0.25) is 16.0 Å². The molecule has 1 atom stereocenters. The number of carbonyl (C=O) groups is 1. The Hall–Kier alpha value is -4.09. The molecular weight excluding hydrogens is 502 g/mol. The molecule has 11 heteroatoms. The Labute approximate surface area is 221 Å². The zero-order chi connectivity index (χ0) is 26.7. The summed E-state index contributed by atoms with van der Waals surface area (Å²) in [4.78, 5) is 27.0. The van der Waals surface area contributed by atoms with Gasteiger partial charge in [-0.15, -0.1) is 0 Å². The molecule has 2 aromatic carbocycles. The van der Waals surface area contributed by atoms with Gasteiger partial charge in [0.1, 0.15) is 5.69 Å². The van der Waals surface area contributed by atoms with Gasteiger partial charge in [-0.3, -0.25) is 9.52 Å². The predicted octanol–water partition coefficient (Wildman–Crippen LogP) is 3.60. The molecule has 1 saturated heterocycles. The Balaban J connectivity index is 1.49. The minimum absolute atomic E-state index is 0.257. The summed E-state index contributed by atoms with van der Waals surface area (Å²) in [6.07, 6.45) is 4.87. The SMILES string of the molecule is Cc1ccccc1-c1cc2cnc(Nc3cccc(NS(C)(=O)=O)c3)nc2nc1C(=O)NCC1CCCN1. The molecule has 1 amide bonds. The van der Waals surface area contributed by atoms with E-state index in [4.69, 9.17) is 4.98 Å². The predicted molar refractivity (Wildman–Crippen MR) is 149 cm³/mol. The third-order valence-electron chi connectivity index (χ3n) is 6.31. The Morgan fingerprint density at radius 2 is 1.87 bits per heavy atom. The van der Waals surface area contributed by atoms with Crippen molar-refractivity contribution in [2.75, 3.05) is 29.4 Å². The van der Waals surface area contributed by atoms with E-state index in [1.165, 1.54) is 0 Å². The fourth-order valence-corrected chi connectivity index (χ4v) is 5.07. The van der Waals surface area contributed by atoms with Crippen LogP contribution in [0.4, 0.5) is 17.3 Å². The molecular formula is C27H29N7O3S. The molecule has 0 spiro atoms. The highest BCUT2D eigenvalue weighted by molar-refractivity contribution is 7.92. The lowest BCUT2D eigenvalue weighted by Gasteiger charge is -2.15. The third kappa shape index (κ3) is 6.06. The fraction of sp³-hybridized carbons (Fsp3) is 0.259. The number of fused-ring (bicyclic) bond motifs is 1. The second kappa shape index (κ2) is 10.7. The lowest BCUT2D eigenvalue weighted by molar-refractivity contribution is 0.0946. The van der Waals surface area contributed by atoms with Gasteiger partial charge < -0.3 is 16.0 Å². The van der Waals surface area contributed by atoms with Gasteiger partial charge in [-0.25, -0.2) is 18.4 Å². The first-order chi connectivity index (χ1) is 18.2. The first-order valence-corrected chi connectivity index (χ1v) is 14.2. The maximum Gasteiger partial charge on any atom is 0.270 e. The fourth-order valence-electron chi connectivity index (χ4n) is 4.51. The van der Waals surface area contributed by atoms with Gasteiger partial charge in [-0.05, 0) is 61.7 Å². The number of sulfonamides is 1. The van der Waals surface area contributed by atoms with Crippen LogP contribution in [0.5, 0.6) is 0 Å².